The van der Waals surface area contributed by atoms with Crippen LogP contribution in [0.3, 0.4) is 0 Å². The maximum atomic E-state index is 12.1. The lowest BCUT2D eigenvalue weighted by Crippen LogP contribution is -2.43. The maximum Gasteiger partial charge on any atom is 0.238 e. The normalized spacial score (nSPS) is 20.9. The van der Waals surface area contributed by atoms with Gasteiger partial charge < -0.3 is 5.32 Å². The highest BCUT2D eigenvalue weighted by molar-refractivity contribution is 7.18. The van der Waals surface area contributed by atoms with Crippen molar-refractivity contribution in [3.8, 4) is 0 Å². The quantitative estimate of drug-likeness (QED) is 0.681. The summed E-state index contributed by atoms with van der Waals surface area (Å²) in [6.45, 7) is 2.86. The van der Waals surface area contributed by atoms with E-state index in [1.807, 2.05) is 18.2 Å². The third-order valence-corrected chi connectivity index (χ3v) is 5.24. The Morgan fingerprint density at radius 1 is 1.39 bits per heavy atom. The van der Waals surface area contributed by atoms with Crippen molar-refractivity contribution in [2.45, 2.75) is 51.1 Å². The van der Waals surface area contributed by atoms with Crippen LogP contribution in [0.2, 0.25) is 0 Å². The average Bonchev–Trinajstić information content (AvgIpc) is 3.18. The van der Waals surface area contributed by atoms with Crippen LogP contribution in [-0.4, -0.2) is 29.5 Å². The lowest BCUT2D eigenvalue weighted by atomic mass is 10.1. The van der Waals surface area contributed by atoms with E-state index >= 15 is 0 Å². The molecule has 1 fully saturated rings. The van der Waals surface area contributed by atoms with E-state index in [0.29, 0.717) is 12.6 Å². The van der Waals surface area contributed by atoms with Crippen LogP contribution in [0.15, 0.2) is 24.3 Å². The van der Waals surface area contributed by atoms with Crippen LogP contribution < -0.4 is 16.2 Å². The monoisotopic (exact) mass is 332 g/mol. The van der Waals surface area contributed by atoms with Gasteiger partial charge in [-0.05, 0) is 31.4 Å². The number of hydrogen-bond acceptors (Lipinski definition) is 5. The second-order valence-electron chi connectivity index (χ2n) is 6.03. The van der Waals surface area contributed by atoms with Gasteiger partial charge in [0.05, 0.1) is 15.2 Å². The van der Waals surface area contributed by atoms with Gasteiger partial charge in [-0.2, -0.15) is 0 Å². The number of hydrogen-bond donors (Lipinski definition) is 3. The Labute approximate surface area is 140 Å². The fraction of sp³-hybridized carbons (Fsp3) is 0.529. The van der Waals surface area contributed by atoms with Crippen LogP contribution >= 0.6 is 11.3 Å². The van der Waals surface area contributed by atoms with Crippen molar-refractivity contribution in [2.24, 2.45) is 0 Å². The first-order chi connectivity index (χ1) is 11.3. The number of fused-ring (bicyclic) bond motifs is 1. The summed E-state index contributed by atoms with van der Waals surface area (Å²) in [4.78, 5) is 16.7. The molecule has 1 saturated heterocycles. The molecule has 0 saturated carbocycles. The van der Waals surface area contributed by atoms with E-state index < -0.39 is 0 Å². The second-order valence-corrected chi connectivity index (χ2v) is 7.15. The van der Waals surface area contributed by atoms with Crippen LogP contribution in [0, 0.1) is 0 Å². The first-order valence-corrected chi connectivity index (χ1v) is 9.21. The van der Waals surface area contributed by atoms with Crippen molar-refractivity contribution in [1.29, 1.82) is 0 Å². The molecule has 5 nitrogen and oxygen atoms in total. The van der Waals surface area contributed by atoms with E-state index in [2.05, 4.69) is 34.1 Å². The Kier molecular flexibility index (Phi) is 5.59. The molecule has 0 radical (unpaired) electrons. The molecule has 1 amide bonds. The van der Waals surface area contributed by atoms with Gasteiger partial charge in [0.1, 0.15) is 6.04 Å². The molecule has 3 rings (SSSR count). The maximum absolute atomic E-state index is 12.1. The Bertz CT molecular complexity index is 624. The molecule has 2 atom stereocenters. The van der Waals surface area contributed by atoms with Crippen molar-refractivity contribution < 1.29 is 4.79 Å². The molecule has 3 N–H and O–H groups in total. The number of rotatable bonds is 7. The Balaban J connectivity index is 1.39. The predicted octanol–water partition coefficient (Wildman–Crippen LogP) is 2.38. The number of nitrogens with one attached hydrogen (secondary N) is 3. The molecule has 124 valence electrons. The molecule has 2 unspecified atom stereocenters. The van der Waals surface area contributed by atoms with E-state index in [1.165, 1.54) is 4.70 Å². The smallest absolute Gasteiger partial charge is 0.238 e. The van der Waals surface area contributed by atoms with Crippen LogP contribution in [0.4, 0.5) is 0 Å². The largest absolute Gasteiger partial charge is 0.355 e. The number of carbonyl (C=O) groups is 1. The Morgan fingerprint density at radius 3 is 3.09 bits per heavy atom. The van der Waals surface area contributed by atoms with E-state index in [1.54, 1.807) is 11.3 Å². The Morgan fingerprint density at radius 2 is 2.26 bits per heavy atom. The molecular weight excluding hydrogens is 308 g/mol. The summed E-state index contributed by atoms with van der Waals surface area (Å²) in [7, 11) is 0. The zero-order valence-electron chi connectivity index (χ0n) is 13.5. The molecular formula is C17H24N4OS. The van der Waals surface area contributed by atoms with E-state index in [4.69, 9.17) is 0 Å². The zero-order valence-corrected chi connectivity index (χ0v) is 14.3. The van der Waals surface area contributed by atoms with Gasteiger partial charge in [-0.15, -0.1) is 11.3 Å². The summed E-state index contributed by atoms with van der Waals surface area (Å²) in [5, 5.41) is 4.17. The lowest BCUT2D eigenvalue weighted by molar-refractivity contribution is -0.122. The summed E-state index contributed by atoms with van der Waals surface area (Å²) in [5.74, 6) is 0.0976. The molecule has 6 heteroatoms. The number of aryl methyl sites for hydroxylation is 1. The van der Waals surface area contributed by atoms with Crippen LogP contribution in [0.1, 0.15) is 37.6 Å². The van der Waals surface area contributed by atoms with Crippen molar-refractivity contribution >= 4 is 27.5 Å². The predicted molar refractivity (Wildman–Crippen MR) is 94.3 cm³/mol. The van der Waals surface area contributed by atoms with Crippen molar-refractivity contribution in [3.63, 3.8) is 0 Å². The van der Waals surface area contributed by atoms with Gasteiger partial charge in [0.2, 0.25) is 5.91 Å². The SMILES string of the molecule is CCCC1CC(C(=O)NCCCc2nc3ccccc3s2)NN1. The molecule has 0 bridgehead atoms. The molecule has 2 aromatic rings. The van der Waals surface area contributed by atoms with Gasteiger partial charge in [-0.1, -0.05) is 25.5 Å². The standard InChI is InChI=1S/C17H24N4OS/c1-2-6-12-11-14(21-20-12)17(22)18-10-5-9-16-19-13-7-3-4-8-15(13)23-16/h3-4,7-8,12,14,20-21H,2,5-6,9-11H2,1H3,(H,18,22). The highest BCUT2D eigenvalue weighted by Crippen LogP contribution is 2.22. The molecule has 1 aliphatic heterocycles. The number of amides is 1. The van der Waals surface area contributed by atoms with Crippen LogP contribution in [0.5, 0.6) is 0 Å². The van der Waals surface area contributed by atoms with Gasteiger partial charge in [0.15, 0.2) is 0 Å². The van der Waals surface area contributed by atoms with Gasteiger partial charge in [0.25, 0.3) is 0 Å². The molecule has 0 aliphatic carbocycles. The molecule has 0 spiro atoms. The summed E-state index contributed by atoms with van der Waals surface area (Å²) in [6, 6.07) is 8.51. The first kappa shape index (κ1) is 16.4. The fourth-order valence-electron chi connectivity index (χ4n) is 2.93. The number of para-hydroxylation sites is 1. The summed E-state index contributed by atoms with van der Waals surface area (Å²) in [6.07, 6.45) is 4.94. The summed E-state index contributed by atoms with van der Waals surface area (Å²) >= 11 is 1.74. The van der Waals surface area contributed by atoms with E-state index in [-0.39, 0.29) is 11.9 Å². The number of hydrazine groups is 1. The Hall–Kier alpha value is -1.50. The molecule has 23 heavy (non-hydrogen) atoms. The minimum absolute atomic E-state index is 0.0976. The lowest BCUT2D eigenvalue weighted by Gasteiger charge is -2.10. The zero-order chi connectivity index (χ0) is 16.1. The minimum Gasteiger partial charge on any atom is -0.355 e. The second kappa shape index (κ2) is 7.86. The highest BCUT2D eigenvalue weighted by atomic mass is 32.1. The molecule has 1 aromatic carbocycles. The van der Waals surface area contributed by atoms with Crippen molar-refractivity contribution in [1.82, 2.24) is 21.2 Å². The molecule has 1 aromatic heterocycles. The molecule has 1 aliphatic rings. The third-order valence-electron chi connectivity index (χ3n) is 4.14. The van der Waals surface area contributed by atoms with Gasteiger partial charge >= 0.3 is 0 Å². The average molecular weight is 332 g/mol. The summed E-state index contributed by atoms with van der Waals surface area (Å²) < 4.78 is 1.23. The van der Waals surface area contributed by atoms with Crippen molar-refractivity contribution in [2.75, 3.05) is 6.54 Å². The van der Waals surface area contributed by atoms with Gasteiger partial charge in [-0.25, -0.2) is 10.4 Å². The fourth-order valence-corrected chi connectivity index (χ4v) is 3.94. The minimum atomic E-state index is -0.103. The first-order valence-electron chi connectivity index (χ1n) is 8.39. The summed E-state index contributed by atoms with van der Waals surface area (Å²) in [5.41, 5.74) is 7.36. The number of benzene rings is 1. The molecule has 2 heterocycles. The van der Waals surface area contributed by atoms with Gasteiger partial charge in [0, 0.05) is 19.0 Å². The topological polar surface area (TPSA) is 66.0 Å². The van der Waals surface area contributed by atoms with E-state index in [0.717, 1.165) is 42.6 Å². The highest BCUT2D eigenvalue weighted by Gasteiger charge is 2.28. The number of carbonyl (C=O) groups excluding carboxylic acids is 1. The van der Waals surface area contributed by atoms with Crippen LogP contribution in [0.25, 0.3) is 10.2 Å². The number of aromatic nitrogens is 1. The van der Waals surface area contributed by atoms with E-state index in [9.17, 15) is 4.79 Å². The third kappa shape index (κ3) is 4.28. The number of thiazole rings is 1. The number of nitrogens with zero attached hydrogens (tertiary/aromatic N) is 1. The van der Waals surface area contributed by atoms with Crippen molar-refractivity contribution in [3.05, 3.63) is 29.3 Å². The van der Waals surface area contributed by atoms with Gasteiger partial charge in [-0.3, -0.25) is 10.2 Å². The van der Waals surface area contributed by atoms with Crippen LogP contribution in [-0.2, 0) is 11.2 Å².